The van der Waals surface area contributed by atoms with Crippen molar-refractivity contribution in [2.75, 3.05) is 13.6 Å². The van der Waals surface area contributed by atoms with Crippen LogP contribution in [0.15, 0.2) is 11.4 Å². The highest BCUT2D eigenvalue weighted by atomic mass is 32.1. The van der Waals surface area contributed by atoms with Gasteiger partial charge in [-0.15, -0.1) is 11.3 Å². The van der Waals surface area contributed by atoms with Crippen molar-refractivity contribution < 1.29 is 14.4 Å². The van der Waals surface area contributed by atoms with Crippen LogP contribution in [0, 0.1) is 18.8 Å². The normalized spacial score (nSPS) is 24.0. The largest absolute Gasteiger partial charge is 0.339 e. The first kappa shape index (κ1) is 16.2. The van der Waals surface area contributed by atoms with Crippen molar-refractivity contribution >= 4 is 29.1 Å². The lowest BCUT2D eigenvalue weighted by molar-refractivity contribution is -0.146. The van der Waals surface area contributed by atoms with Gasteiger partial charge in [0.25, 0.3) is 0 Å². The molecular weight excluding hydrogens is 312 g/mol. The molecule has 1 aliphatic carbocycles. The van der Waals surface area contributed by atoms with Gasteiger partial charge < -0.3 is 4.90 Å². The highest BCUT2D eigenvalue weighted by Gasteiger charge is 2.48. The number of thiophene rings is 1. The molecule has 0 aromatic carbocycles. The summed E-state index contributed by atoms with van der Waals surface area (Å²) in [6.45, 7) is 2.42. The number of hydrogen-bond donors (Lipinski definition) is 0. The molecule has 1 aromatic heterocycles. The van der Waals surface area contributed by atoms with E-state index in [-0.39, 0.29) is 36.1 Å². The highest BCUT2D eigenvalue weighted by Crippen LogP contribution is 2.37. The van der Waals surface area contributed by atoms with Crippen molar-refractivity contribution in [3.05, 3.63) is 21.9 Å². The van der Waals surface area contributed by atoms with Crippen molar-refractivity contribution in [2.45, 2.75) is 39.2 Å². The zero-order valence-corrected chi connectivity index (χ0v) is 14.4. The first-order valence-electron chi connectivity index (χ1n) is 8.11. The van der Waals surface area contributed by atoms with Crippen LogP contribution in [0.25, 0.3) is 0 Å². The summed E-state index contributed by atoms with van der Waals surface area (Å²) in [5.41, 5.74) is 1.16. The Morgan fingerprint density at radius 3 is 2.39 bits per heavy atom. The summed E-state index contributed by atoms with van der Waals surface area (Å²) in [6, 6.07) is 2.02. The Morgan fingerprint density at radius 2 is 1.87 bits per heavy atom. The smallest absolute Gasteiger partial charge is 0.242 e. The van der Waals surface area contributed by atoms with Gasteiger partial charge in [-0.25, -0.2) is 0 Å². The number of likely N-dealkylation sites (N-methyl/N-ethyl adjacent to an activating group) is 1. The third-order valence-corrected chi connectivity index (χ3v) is 6.01. The molecule has 0 bridgehead atoms. The zero-order chi connectivity index (χ0) is 16.6. The summed E-state index contributed by atoms with van der Waals surface area (Å²) in [5, 5.41) is 2.00. The average Bonchev–Trinajstić information content (AvgIpc) is 3.05. The minimum Gasteiger partial charge on any atom is -0.339 e. The summed E-state index contributed by atoms with van der Waals surface area (Å²) < 4.78 is 0. The van der Waals surface area contributed by atoms with Gasteiger partial charge in [0.1, 0.15) is 6.54 Å². The van der Waals surface area contributed by atoms with Crippen LogP contribution in [0.5, 0.6) is 0 Å². The van der Waals surface area contributed by atoms with Crippen LogP contribution in [0.3, 0.4) is 0 Å². The fraction of sp³-hybridized carbons (Fsp3) is 0.588. The zero-order valence-electron chi connectivity index (χ0n) is 13.6. The number of aryl methyl sites for hydroxylation is 1. The minimum absolute atomic E-state index is 0.119. The van der Waals surface area contributed by atoms with Gasteiger partial charge in [-0.3, -0.25) is 19.3 Å². The molecule has 0 spiro atoms. The first-order valence-corrected chi connectivity index (χ1v) is 8.99. The molecular formula is C17H22N2O3S. The van der Waals surface area contributed by atoms with Gasteiger partial charge in [0.15, 0.2) is 0 Å². The molecule has 0 radical (unpaired) electrons. The van der Waals surface area contributed by atoms with Gasteiger partial charge in [-0.2, -0.15) is 0 Å². The number of amides is 3. The number of carbonyl (C=O) groups is 3. The topological polar surface area (TPSA) is 57.7 Å². The van der Waals surface area contributed by atoms with Crippen molar-refractivity contribution in [3.8, 4) is 0 Å². The molecule has 2 fully saturated rings. The summed E-state index contributed by atoms with van der Waals surface area (Å²) in [4.78, 5) is 41.2. The molecule has 2 heterocycles. The molecule has 2 unspecified atom stereocenters. The Morgan fingerprint density at radius 1 is 1.26 bits per heavy atom. The van der Waals surface area contributed by atoms with E-state index in [4.69, 9.17) is 0 Å². The maximum Gasteiger partial charge on any atom is 0.242 e. The lowest BCUT2D eigenvalue weighted by Gasteiger charge is -2.21. The van der Waals surface area contributed by atoms with Crippen molar-refractivity contribution in [1.82, 2.24) is 9.80 Å². The number of imide groups is 1. The van der Waals surface area contributed by atoms with E-state index in [2.05, 4.69) is 0 Å². The van der Waals surface area contributed by atoms with Crippen LogP contribution in [-0.4, -0.2) is 41.1 Å². The van der Waals surface area contributed by atoms with E-state index in [9.17, 15) is 14.4 Å². The van der Waals surface area contributed by atoms with Gasteiger partial charge in [0.05, 0.1) is 18.4 Å². The van der Waals surface area contributed by atoms with E-state index >= 15 is 0 Å². The average molecular weight is 334 g/mol. The van der Waals surface area contributed by atoms with Crippen molar-refractivity contribution in [2.24, 2.45) is 11.8 Å². The number of nitrogens with zero attached hydrogens (tertiary/aromatic N) is 2. The second-order valence-corrected chi connectivity index (χ2v) is 7.54. The van der Waals surface area contributed by atoms with Gasteiger partial charge in [0, 0.05) is 11.9 Å². The van der Waals surface area contributed by atoms with E-state index in [1.807, 2.05) is 18.4 Å². The van der Waals surface area contributed by atoms with Gasteiger partial charge in [0.2, 0.25) is 17.7 Å². The van der Waals surface area contributed by atoms with Crippen LogP contribution in [0.4, 0.5) is 0 Å². The third-order valence-electron chi connectivity index (χ3n) is 5.00. The predicted octanol–water partition coefficient (Wildman–Crippen LogP) is 2.19. The Bertz CT molecular complexity index is 616. The molecule has 3 amide bonds. The standard InChI is InChI=1S/C17H22N2O3S/c1-11-7-8-23-14(11)9-18(2)15(20)10-19-16(21)12-5-3-4-6-13(12)17(19)22/h7-8,12-13H,3-6,9-10H2,1-2H3. The fourth-order valence-electron chi connectivity index (χ4n) is 3.51. The van der Waals surface area contributed by atoms with Gasteiger partial charge >= 0.3 is 0 Å². The fourth-order valence-corrected chi connectivity index (χ4v) is 4.47. The van der Waals surface area contributed by atoms with E-state index < -0.39 is 0 Å². The van der Waals surface area contributed by atoms with Crippen LogP contribution in [0.2, 0.25) is 0 Å². The molecule has 5 nitrogen and oxygen atoms in total. The van der Waals surface area contributed by atoms with Gasteiger partial charge in [-0.05, 0) is 36.8 Å². The quantitative estimate of drug-likeness (QED) is 0.793. The molecule has 2 atom stereocenters. The Balaban J connectivity index is 1.64. The molecule has 1 saturated carbocycles. The number of rotatable bonds is 4. The molecule has 6 heteroatoms. The van der Waals surface area contributed by atoms with Crippen molar-refractivity contribution in [3.63, 3.8) is 0 Å². The molecule has 1 saturated heterocycles. The van der Waals surface area contributed by atoms with E-state index in [1.54, 1.807) is 23.3 Å². The lowest BCUT2D eigenvalue weighted by Crippen LogP contribution is -2.41. The molecule has 23 heavy (non-hydrogen) atoms. The maximum atomic E-state index is 12.4. The molecule has 1 aliphatic heterocycles. The number of carbonyl (C=O) groups excluding carboxylic acids is 3. The summed E-state index contributed by atoms with van der Waals surface area (Å²) in [5.74, 6) is -0.844. The predicted molar refractivity (Wildman–Crippen MR) is 87.7 cm³/mol. The second kappa shape index (κ2) is 6.43. The summed E-state index contributed by atoms with van der Waals surface area (Å²) >= 11 is 1.61. The minimum atomic E-state index is -0.186. The van der Waals surface area contributed by atoms with E-state index in [1.165, 1.54) is 4.90 Å². The maximum absolute atomic E-state index is 12.4. The SMILES string of the molecule is Cc1ccsc1CN(C)C(=O)CN1C(=O)C2CCCCC2C1=O. The second-order valence-electron chi connectivity index (χ2n) is 6.54. The van der Waals surface area contributed by atoms with Crippen LogP contribution in [-0.2, 0) is 20.9 Å². The Labute approximate surface area is 140 Å². The monoisotopic (exact) mass is 334 g/mol. The number of fused-ring (bicyclic) bond motifs is 1. The van der Waals surface area contributed by atoms with Crippen LogP contribution >= 0.6 is 11.3 Å². The highest BCUT2D eigenvalue weighted by molar-refractivity contribution is 7.10. The molecule has 0 N–H and O–H groups in total. The first-order chi connectivity index (χ1) is 11.0. The third kappa shape index (κ3) is 3.04. The Kier molecular flexibility index (Phi) is 4.53. The number of likely N-dealkylation sites (tertiary alicyclic amines) is 1. The summed E-state index contributed by atoms with van der Waals surface area (Å²) in [6.07, 6.45) is 3.56. The molecule has 124 valence electrons. The van der Waals surface area contributed by atoms with E-state index in [0.717, 1.165) is 36.1 Å². The molecule has 1 aromatic rings. The Hall–Kier alpha value is -1.69. The van der Waals surface area contributed by atoms with E-state index in [0.29, 0.717) is 6.54 Å². The number of hydrogen-bond acceptors (Lipinski definition) is 4. The van der Waals surface area contributed by atoms with Gasteiger partial charge in [-0.1, -0.05) is 12.8 Å². The lowest BCUT2D eigenvalue weighted by atomic mass is 9.81. The summed E-state index contributed by atoms with van der Waals surface area (Å²) in [7, 11) is 1.72. The van der Waals surface area contributed by atoms with Crippen LogP contribution < -0.4 is 0 Å². The van der Waals surface area contributed by atoms with Crippen LogP contribution in [0.1, 0.15) is 36.1 Å². The molecule has 2 aliphatic rings. The van der Waals surface area contributed by atoms with Crippen molar-refractivity contribution in [1.29, 1.82) is 0 Å². The molecule has 3 rings (SSSR count).